The standard InChI is InChI=1S/C12H13ClN2S/c1-7(2)10-11(14-6-15-12(10)13)9-5-4-8(3)16-9/h4-7H,1-3H3. The molecule has 2 aromatic rings. The first kappa shape index (κ1) is 11.6. The molecule has 0 atom stereocenters. The van der Waals surface area contributed by atoms with Crippen molar-refractivity contribution in [2.24, 2.45) is 0 Å². The third-order valence-corrected chi connectivity index (χ3v) is 3.69. The molecule has 0 aliphatic heterocycles. The van der Waals surface area contributed by atoms with Gasteiger partial charge in [-0.2, -0.15) is 0 Å². The van der Waals surface area contributed by atoms with E-state index < -0.39 is 0 Å². The number of hydrogen-bond donors (Lipinski definition) is 0. The molecule has 2 heterocycles. The number of thiophene rings is 1. The Bertz CT molecular complexity index is 505. The van der Waals surface area contributed by atoms with Crippen molar-refractivity contribution in [3.8, 4) is 10.6 Å². The van der Waals surface area contributed by atoms with Crippen LogP contribution in [-0.2, 0) is 0 Å². The van der Waals surface area contributed by atoms with E-state index in [2.05, 4.69) is 42.9 Å². The zero-order valence-corrected chi connectivity index (χ0v) is 11.1. The molecule has 0 amide bonds. The van der Waals surface area contributed by atoms with E-state index in [1.807, 2.05) is 0 Å². The van der Waals surface area contributed by atoms with Crippen molar-refractivity contribution in [1.29, 1.82) is 0 Å². The SMILES string of the molecule is Cc1ccc(-c2ncnc(Cl)c2C(C)C)s1. The van der Waals surface area contributed by atoms with Gasteiger partial charge in [-0.15, -0.1) is 11.3 Å². The fourth-order valence-electron chi connectivity index (χ4n) is 1.64. The molecule has 84 valence electrons. The number of hydrogen-bond acceptors (Lipinski definition) is 3. The quantitative estimate of drug-likeness (QED) is 0.745. The summed E-state index contributed by atoms with van der Waals surface area (Å²) in [5, 5.41) is 0.561. The molecule has 0 aromatic carbocycles. The van der Waals surface area contributed by atoms with Crippen LogP contribution in [0.2, 0.25) is 5.15 Å². The lowest BCUT2D eigenvalue weighted by atomic mass is 10.0. The highest BCUT2D eigenvalue weighted by Crippen LogP contribution is 2.34. The van der Waals surface area contributed by atoms with Crippen molar-refractivity contribution in [2.45, 2.75) is 26.7 Å². The summed E-state index contributed by atoms with van der Waals surface area (Å²) in [5.74, 6) is 0.325. The highest BCUT2D eigenvalue weighted by Gasteiger charge is 2.15. The van der Waals surface area contributed by atoms with Gasteiger partial charge in [0, 0.05) is 10.4 Å². The topological polar surface area (TPSA) is 25.8 Å². The normalized spacial score (nSPS) is 11.1. The molecule has 2 aromatic heterocycles. The summed E-state index contributed by atoms with van der Waals surface area (Å²) in [6.45, 7) is 6.30. The molecule has 0 spiro atoms. The van der Waals surface area contributed by atoms with E-state index in [0.717, 1.165) is 16.1 Å². The molecule has 0 saturated heterocycles. The molecule has 0 aliphatic rings. The van der Waals surface area contributed by atoms with Gasteiger partial charge in [0.15, 0.2) is 0 Å². The first-order valence-corrected chi connectivity index (χ1v) is 6.36. The second-order valence-corrected chi connectivity index (χ2v) is 5.64. The van der Waals surface area contributed by atoms with Gasteiger partial charge in [-0.1, -0.05) is 25.4 Å². The summed E-state index contributed by atoms with van der Waals surface area (Å²) in [6, 6.07) is 4.19. The van der Waals surface area contributed by atoms with E-state index in [4.69, 9.17) is 11.6 Å². The van der Waals surface area contributed by atoms with Gasteiger partial charge >= 0.3 is 0 Å². The first-order chi connectivity index (χ1) is 7.59. The molecule has 0 radical (unpaired) electrons. The van der Waals surface area contributed by atoms with E-state index in [0.29, 0.717) is 11.1 Å². The third kappa shape index (κ3) is 2.11. The molecule has 4 heteroatoms. The van der Waals surface area contributed by atoms with Gasteiger partial charge in [0.1, 0.15) is 11.5 Å². The Kier molecular flexibility index (Phi) is 3.26. The molecule has 2 rings (SSSR count). The average molecular weight is 253 g/mol. The van der Waals surface area contributed by atoms with Crippen LogP contribution in [0.3, 0.4) is 0 Å². The third-order valence-electron chi connectivity index (χ3n) is 2.39. The number of aromatic nitrogens is 2. The molecule has 0 unspecified atom stereocenters. The monoisotopic (exact) mass is 252 g/mol. The smallest absolute Gasteiger partial charge is 0.136 e. The summed E-state index contributed by atoms with van der Waals surface area (Å²) >= 11 is 7.87. The minimum Gasteiger partial charge on any atom is -0.235 e. The lowest BCUT2D eigenvalue weighted by molar-refractivity contribution is 0.850. The van der Waals surface area contributed by atoms with E-state index in [1.54, 1.807) is 11.3 Å². The van der Waals surface area contributed by atoms with Crippen LogP contribution in [0, 0.1) is 6.92 Å². The van der Waals surface area contributed by atoms with Gasteiger partial charge in [-0.3, -0.25) is 0 Å². The van der Waals surface area contributed by atoms with Gasteiger partial charge in [0.05, 0.1) is 10.6 Å². The maximum Gasteiger partial charge on any atom is 0.136 e. The van der Waals surface area contributed by atoms with Crippen LogP contribution in [0.4, 0.5) is 0 Å². The van der Waals surface area contributed by atoms with Crippen LogP contribution >= 0.6 is 22.9 Å². The molecule has 2 nitrogen and oxygen atoms in total. The molecule has 0 fully saturated rings. The van der Waals surface area contributed by atoms with Crippen LogP contribution in [0.15, 0.2) is 18.5 Å². The second kappa shape index (κ2) is 4.52. The Hall–Kier alpha value is -0.930. The van der Waals surface area contributed by atoms with Gasteiger partial charge in [-0.05, 0) is 25.0 Å². The Morgan fingerprint density at radius 1 is 1.25 bits per heavy atom. The summed E-state index contributed by atoms with van der Waals surface area (Å²) in [6.07, 6.45) is 1.53. The maximum atomic E-state index is 6.13. The number of rotatable bonds is 2. The fraction of sp³-hybridized carbons (Fsp3) is 0.333. The molecule has 0 bridgehead atoms. The Balaban J connectivity index is 2.60. The number of nitrogens with zero attached hydrogens (tertiary/aromatic N) is 2. The molecular weight excluding hydrogens is 240 g/mol. The van der Waals surface area contributed by atoms with Crippen molar-refractivity contribution in [3.05, 3.63) is 34.1 Å². The molecular formula is C12H13ClN2S. The lowest BCUT2D eigenvalue weighted by Gasteiger charge is -2.11. The van der Waals surface area contributed by atoms with Crippen molar-refractivity contribution in [3.63, 3.8) is 0 Å². The van der Waals surface area contributed by atoms with E-state index in [1.165, 1.54) is 11.2 Å². The second-order valence-electron chi connectivity index (χ2n) is 3.99. The summed E-state index contributed by atoms with van der Waals surface area (Å²) in [5.41, 5.74) is 2.00. The maximum absolute atomic E-state index is 6.13. The van der Waals surface area contributed by atoms with Crippen molar-refractivity contribution in [2.75, 3.05) is 0 Å². The number of halogens is 1. The minimum absolute atomic E-state index is 0.325. The lowest BCUT2D eigenvalue weighted by Crippen LogP contribution is -1.97. The fourth-order valence-corrected chi connectivity index (χ4v) is 2.87. The Morgan fingerprint density at radius 2 is 2.00 bits per heavy atom. The van der Waals surface area contributed by atoms with Crippen LogP contribution < -0.4 is 0 Å². The summed E-state index contributed by atoms with van der Waals surface area (Å²) < 4.78 is 0. The summed E-state index contributed by atoms with van der Waals surface area (Å²) in [7, 11) is 0. The Labute approximate surface area is 104 Å². The largest absolute Gasteiger partial charge is 0.235 e. The first-order valence-electron chi connectivity index (χ1n) is 5.16. The van der Waals surface area contributed by atoms with Gasteiger partial charge in [0.25, 0.3) is 0 Å². The zero-order chi connectivity index (χ0) is 11.7. The molecule has 0 N–H and O–H groups in total. The average Bonchev–Trinajstić information content (AvgIpc) is 2.63. The highest BCUT2D eigenvalue weighted by atomic mass is 35.5. The van der Waals surface area contributed by atoms with Crippen LogP contribution in [0.25, 0.3) is 10.6 Å². The van der Waals surface area contributed by atoms with Gasteiger partial charge in [0.2, 0.25) is 0 Å². The van der Waals surface area contributed by atoms with Gasteiger partial charge < -0.3 is 0 Å². The molecule has 16 heavy (non-hydrogen) atoms. The van der Waals surface area contributed by atoms with Gasteiger partial charge in [-0.25, -0.2) is 9.97 Å². The van der Waals surface area contributed by atoms with Crippen molar-refractivity contribution in [1.82, 2.24) is 9.97 Å². The molecule has 0 aliphatic carbocycles. The van der Waals surface area contributed by atoms with Crippen molar-refractivity contribution < 1.29 is 0 Å². The van der Waals surface area contributed by atoms with Crippen LogP contribution in [0.5, 0.6) is 0 Å². The minimum atomic E-state index is 0.325. The van der Waals surface area contributed by atoms with Crippen molar-refractivity contribution >= 4 is 22.9 Å². The molecule has 0 saturated carbocycles. The Morgan fingerprint density at radius 3 is 2.56 bits per heavy atom. The predicted molar refractivity (Wildman–Crippen MR) is 69.2 cm³/mol. The van der Waals surface area contributed by atoms with E-state index in [9.17, 15) is 0 Å². The zero-order valence-electron chi connectivity index (χ0n) is 9.49. The number of aryl methyl sites for hydroxylation is 1. The van der Waals surface area contributed by atoms with E-state index in [-0.39, 0.29) is 0 Å². The van der Waals surface area contributed by atoms with Crippen LogP contribution in [-0.4, -0.2) is 9.97 Å². The van der Waals surface area contributed by atoms with E-state index >= 15 is 0 Å². The highest BCUT2D eigenvalue weighted by molar-refractivity contribution is 7.15. The predicted octanol–water partition coefficient (Wildman–Crippen LogP) is 4.29. The van der Waals surface area contributed by atoms with Crippen LogP contribution in [0.1, 0.15) is 30.2 Å². The summed E-state index contributed by atoms with van der Waals surface area (Å²) in [4.78, 5) is 10.8.